The van der Waals surface area contributed by atoms with Gasteiger partial charge in [-0.25, -0.2) is 0 Å². The highest BCUT2D eigenvalue weighted by Gasteiger charge is 2.19. The summed E-state index contributed by atoms with van der Waals surface area (Å²) in [7, 11) is 0. The molecule has 0 aromatic heterocycles. The molecule has 0 atom stereocenters. The van der Waals surface area contributed by atoms with Crippen LogP contribution in [0.1, 0.15) is 19.8 Å². The molecule has 0 fully saturated rings. The lowest BCUT2D eigenvalue weighted by molar-refractivity contribution is -0.393. The minimum Gasteiger partial charge on any atom is -0.272 e. The molecule has 0 aliphatic heterocycles. The third-order valence-electron chi connectivity index (χ3n) is 2.47. The van der Waals surface area contributed by atoms with E-state index in [1.54, 1.807) is 13.0 Å². The first-order valence-corrected chi connectivity index (χ1v) is 5.78. The van der Waals surface area contributed by atoms with Crippen molar-refractivity contribution in [3.63, 3.8) is 0 Å². The number of non-ortho nitro benzene ring substituents is 1. The highest BCUT2D eigenvalue weighted by molar-refractivity contribution is 5.83. The van der Waals surface area contributed by atoms with E-state index < -0.39 is 9.85 Å². The lowest BCUT2D eigenvalue weighted by Crippen LogP contribution is -2.01. The monoisotopic (exact) mass is 278 g/mol. The topological polar surface area (TPSA) is 111 Å². The minimum atomic E-state index is -0.691. The zero-order valence-corrected chi connectivity index (χ0v) is 10.9. The molecule has 0 bridgehead atoms. The number of allylic oxidation sites excluding steroid dienone is 1. The van der Waals surface area contributed by atoms with Crippen LogP contribution < -0.4 is 5.43 Å². The van der Waals surface area contributed by atoms with Crippen LogP contribution in [0.4, 0.5) is 17.1 Å². The smallest absolute Gasteiger partial charge is 0.272 e. The summed E-state index contributed by atoms with van der Waals surface area (Å²) < 4.78 is 0. The summed E-state index contributed by atoms with van der Waals surface area (Å²) in [6.07, 6.45) is 3.17. The molecule has 1 aromatic carbocycles. The highest BCUT2D eigenvalue weighted by Crippen LogP contribution is 2.28. The fourth-order valence-corrected chi connectivity index (χ4v) is 1.40. The Hall–Kier alpha value is -2.77. The van der Waals surface area contributed by atoms with E-state index in [2.05, 4.69) is 17.1 Å². The molecule has 0 heterocycles. The van der Waals surface area contributed by atoms with Gasteiger partial charge < -0.3 is 0 Å². The number of rotatable bonds is 7. The molecule has 1 aromatic rings. The maximum atomic E-state index is 10.9. The van der Waals surface area contributed by atoms with Crippen molar-refractivity contribution >= 4 is 22.8 Å². The molecule has 0 aliphatic carbocycles. The molecule has 0 saturated carbocycles. The summed E-state index contributed by atoms with van der Waals surface area (Å²) in [6, 6.07) is 3.35. The van der Waals surface area contributed by atoms with Crippen LogP contribution in [0.25, 0.3) is 0 Å². The van der Waals surface area contributed by atoms with Gasteiger partial charge in [0.25, 0.3) is 5.69 Å². The predicted octanol–water partition coefficient (Wildman–Crippen LogP) is 3.26. The number of hydrazone groups is 1. The van der Waals surface area contributed by atoms with Crippen LogP contribution >= 0.6 is 0 Å². The Morgan fingerprint density at radius 1 is 1.40 bits per heavy atom. The van der Waals surface area contributed by atoms with Crippen molar-refractivity contribution < 1.29 is 9.85 Å². The van der Waals surface area contributed by atoms with Gasteiger partial charge in [0.2, 0.25) is 0 Å². The van der Waals surface area contributed by atoms with Crippen LogP contribution in [0.3, 0.4) is 0 Å². The van der Waals surface area contributed by atoms with Gasteiger partial charge in [-0.2, -0.15) is 5.10 Å². The van der Waals surface area contributed by atoms with Gasteiger partial charge in [0.15, 0.2) is 0 Å². The van der Waals surface area contributed by atoms with Crippen LogP contribution in [-0.4, -0.2) is 15.6 Å². The van der Waals surface area contributed by atoms with Gasteiger partial charge in [0.1, 0.15) is 5.69 Å². The number of hydrogen-bond acceptors (Lipinski definition) is 6. The molecule has 1 N–H and O–H groups in total. The molecular weight excluding hydrogens is 264 g/mol. The van der Waals surface area contributed by atoms with E-state index in [1.165, 1.54) is 12.1 Å². The van der Waals surface area contributed by atoms with E-state index in [1.807, 2.05) is 0 Å². The van der Waals surface area contributed by atoms with Gasteiger partial charge in [-0.15, -0.1) is 6.58 Å². The van der Waals surface area contributed by atoms with Crippen LogP contribution in [0.2, 0.25) is 0 Å². The van der Waals surface area contributed by atoms with Gasteiger partial charge in [-0.05, 0) is 25.8 Å². The van der Waals surface area contributed by atoms with E-state index in [4.69, 9.17) is 0 Å². The summed E-state index contributed by atoms with van der Waals surface area (Å²) >= 11 is 0. The van der Waals surface area contributed by atoms with E-state index >= 15 is 0 Å². The molecule has 0 spiro atoms. The average molecular weight is 278 g/mol. The van der Waals surface area contributed by atoms with Crippen LogP contribution in [0, 0.1) is 20.2 Å². The number of nitrogens with zero attached hydrogens (tertiary/aromatic N) is 3. The fourth-order valence-electron chi connectivity index (χ4n) is 1.40. The molecule has 8 heteroatoms. The summed E-state index contributed by atoms with van der Waals surface area (Å²) in [5.41, 5.74) is 2.69. The van der Waals surface area contributed by atoms with E-state index in [9.17, 15) is 20.2 Å². The molecule has 0 radical (unpaired) electrons. The van der Waals surface area contributed by atoms with Crippen molar-refractivity contribution in [2.45, 2.75) is 19.8 Å². The summed E-state index contributed by atoms with van der Waals surface area (Å²) in [5.74, 6) is 0. The zero-order chi connectivity index (χ0) is 15.1. The van der Waals surface area contributed by atoms with Crippen molar-refractivity contribution in [3.8, 4) is 0 Å². The molecule has 0 amide bonds. The average Bonchev–Trinajstić information content (AvgIpc) is 2.42. The van der Waals surface area contributed by atoms with Crippen molar-refractivity contribution in [2.24, 2.45) is 5.10 Å². The quantitative estimate of drug-likeness (QED) is 0.356. The van der Waals surface area contributed by atoms with Crippen molar-refractivity contribution in [1.29, 1.82) is 0 Å². The number of nitrogens with one attached hydrogen (secondary N) is 1. The van der Waals surface area contributed by atoms with Gasteiger partial charge in [-0.1, -0.05) is 6.08 Å². The van der Waals surface area contributed by atoms with Gasteiger partial charge >= 0.3 is 5.69 Å². The van der Waals surface area contributed by atoms with Crippen LogP contribution in [-0.2, 0) is 0 Å². The minimum absolute atomic E-state index is 0.110. The molecule has 106 valence electrons. The van der Waals surface area contributed by atoms with Crippen molar-refractivity contribution in [1.82, 2.24) is 0 Å². The predicted molar refractivity (Wildman–Crippen MR) is 75.9 cm³/mol. The third kappa shape index (κ3) is 4.16. The lowest BCUT2D eigenvalue weighted by atomic mass is 10.2. The van der Waals surface area contributed by atoms with Crippen molar-refractivity contribution in [3.05, 3.63) is 51.1 Å². The third-order valence-corrected chi connectivity index (χ3v) is 2.47. The largest absolute Gasteiger partial charge is 0.301 e. The van der Waals surface area contributed by atoms with E-state index in [0.717, 1.165) is 18.2 Å². The van der Waals surface area contributed by atoms with Crippen molar-refractivity contribution in [2.75, 3.05) is 5.43 Å². The Labute approximate surface area is 115 Å². The standard InChI is InChI=1S/C12H14N4O4/c1-3-4-5-9(2)13-14-11-7-6-10(15(17)18)8-12(11)16(19)20/h3,6-8,14H,1,4-5H2,2H3. The highest BCUT2D eigenvalue weighted by atomic mass is 16.6. The molecule has 0 aliphatic rings. The molecule has 0 saturated heterocycles. The molecule has 0 unspecified atom stereocenters. The second-order valence-corrected chi connectivity index (χ2v) is 4.00. The Kier molecular flexibility index (Phi) is 5.33. The van der Waals surface area contributed by atoms with Crippen LogP contribution in [0.15, 0.2) is 36.0 Å². The number of hydrogen-bond donors (Lipinski definition) is 1. The number of nitro groups is 2. The maximum Gasteiger partial charge on any atom is 0.301 e. The summed E-state index contributed by atoms with van der Waals surface area (Å²) in [4.78, 5) is 20.1. The number of nitro benzene ring substituents is 2. The molecular formula is C12H14N4O4. The first-order chi connectivity index (χ1) is 9.45. The van der Waals surface area contributed by atoms with Gasteiger partial charge in [0, 0.05) is 11.8 Å². The van der Waals surface area contributed by atoms with E-state index in [-0.39, 0.29) is 17.1 Å². The maximum absolute atomic E-state index is 10.9. The van der Waals surface area contributed by atoms with Gasteiger partial charge in [0.05, 0.1) is 15.9 Å². The number of benzene rings is 1. The number of anilines is 1. The first kappa shape index (κ1) is 15.3. The Morgan fingerprint density at radius 2 is 2.10 bits per heavy atom. The summed E-state index contributed by atoms with van der Waals surface area (Å²) in [5, 5.41) is 25.5. The normalized spacial score (nSPS) is 10.9. The Morgan fingerprint density at radius 3 is 2.65 bits per heavy atom. The second-order valence-electron chi connectivity index (χ2n) is 4.00. The molecule has 8 nitrogen and oxygen atoms in total. The Bertz CT molecular complexity index is 569. The zero-order valence-electron chi connectivity index (χ0n) is 10.9. The van der Waals surface area contributed by atoms with Crippen LogP contribution in [0.5, 0.6) is 0 Å². The van der Waals surface area contributed by atoms with E-state index in [0.29, 0.717) is 6.42 Å². The summed E-state index contributed by atoms with van der Waals surface area (Å²) in [6.45, 7) is 5.36. The van der Waals surface area contributed by atoms with Gasteiger partial charge in [-0.3, -0.25) is 25.7 Å². The fraction of sp³-hybridized carbons (Fsp3) is 0.250. The second kappa shape index (κ2) is 6.98. The lowest BCUT2D eigenvalue weighted by Gasteiger charge is -2.03. The molecule has 20 heavy (non-hydrogen) atoms. The SMILES string of the molecule is C=CCCC(C)=NNc1ccc([N+](=O)[O-])cc1[N+](=O)[O-]. The first-order valence-electron chi connectivity index (χ1n) is 5.78. The molecule has 1 rings (SSSR count). The Balaban J connectivity index is 2.97.